The van der Waals surface area contributed by atoms with Gasteiger partial charge in [-0.15, -0.1) is 0 Å². The predicted molar refractivity (Wildman–Crippen MR) is 107 cm³/mol. The van der Waals surface area contributed by atoms with Gasteiger partial charge < -0.3 is 5.64 Å². The zero-order valence-electron chi connectivity index (χ0n) is 17.3. The molecule has 2 nitrogen and oxygen atoms in total. The summed E-state index contributed by atoms with van der Waals surface area (Å²) in [5.74, 6) is 0. The minimum atomic E-state index is -0.301. The summed E-state index contributed by atoms with van der Waals surface area (Å²) in [4.78, 5) is 0. The van der Waals surface area contributed by atoms with Gasteiger partial charge in [-0.2, -0.15) is 5.26 Å². The van der Waals surface area contributed by atoms with Crippen LogP contribution in [0.5, 0.6) is 0 Å². The lowest BCUT2D eigenvalue weighted by Gasteiger charge is -2.51. The molecule has 0 aromatic rings. The van der Waals surface area contributed by atoms with Crippen LogP contribution in [0.25, 0.3) is 0 Å². The van der Waals surface area contributed by atoms with Gasteiger partial charge in [0.1, 0.15) is 0 Å². The number of nitrogens with two attached hydrogens (primary N) is 1. The molecule has 0 spiro atoms. The Balaban J connectivity index is 2.93. The van der Waals surface area contributed by atoms with Crippen LogP contribution in [0.2, 0.25) is 5.31 Å². The molecule has 1 aliphatic carbocycles. The molecule has 0 saturated heterocycles. The molecule has 0 bridgehead atoms. The first-order chi connectivity index (χ1) is 11.0. The van der Waals surface area contributed by atoms with E-state index in [0.717, 1.165) is 7.41 Å². The number of nitriles is 1. The Morgan fingerprint density at radius 3 is 1.71 bits per heavy atom. The molecule has 1 rings (SSSR count). The van der Waals surface area contributed by atoms with Crippen molar-refractivity contribution in [3.8, 4) is 6.07 Å². The summed E-state index contributed by atoms with van der Waals surface area (Å²) < 4.78 is 0. The summed E-state index contributed by atoms with van der Waals surface area (Å²) >= 11 is 0. The van der Waals surface area contributed by atoms with Gasteiger partial charge in [0.15, 0.2) is 0 Å². The molecule has 2 N–H and O–H groups in total. The average molecular weight is 332 g/mol. The van der Waals surface area contributed by atoms with E-state index in [-0.39, 0.29) is 16.2 Å². The lowest BCUT2D eigenvalue weighted by atomic mass is 9.51. The van der Waals surface area contributed by atoms with Crippen molar-refractivity contribution in [2.45, 2.75) is 111 Å². The van der Waals surface area contributed by atoms with Crippen LogP contribution < -0.4 is 5.64 Å². The molecule has 0 heterocycles. The molecular weight excluding hydrogens is 291 g/mol. The molecule has 3 heteroatoms. The molecule has 0 aliphatic heterocycles. The van der Waals surface area contributed by atoms with Crippen molar-refractivity contribution in [2.75, 3.05) is 0 Å². The fraction of sp³-hybridized carbons (Fsp3) is 0.952. The third-order valence-corrected chi connectivity index (χ3v) is 7.86. The van der Waals surface area contributed by atoms with Gasteiger partial charge >= 0.3 is 0 Å². The molecule has 1 fully saturated rings. The van der Waals surface area contributed by atoms with Gasteiger partial charge in [-0.3, -0.25) is 0 Å². The third-order valence-electron chi connectivity index (χ3n) is 7.86. The van der Waals surface area contributed by atoms with E-state index in [9.17, 15) is 5.26 Å². The van der Waals surface area contributed by atoms with Gasteiger partial charge in [0.25, 0.3) is 0 Å². The zero-order valence-corrected chi connectivity index (χ0v) is 17.3. The highest BCUT2D eigenvalue weighted by molar-refractivity contribution is 6.35. The minimum Gasteiger partial charge on any atom is -0.372 e. The fourth-order valence-electron chi connectivity index (χ4n) is 4.46. The molecule has 2 atom stereocenters. The normalized spacial score (nSPS) is 31.4. The monoisotopic (exact) mass is 332 g/mol. The molecule has 0 aromatic heterocycles. The Morgan fingerprint density at radius 2 is 1.25 bits per heavy atom. The van der Waals surface area contributed by atoms with Crippen molar-refractivity contribution in [1.82, 2.24) is 0 Å². The largest absolute Gasteiger partial charge is 0.372 e. The van der Waals surface area contributed by atoms with Gasteiger partial charge in [0.2, 0.25) is 7.41 Å². The maximum absolute atomic E-state index is 9.72. The molecule has 1 aliphatic rings. The first-order valence-electron chi connectivity index (χ1n) is 10.1. The van der Waals surface area contributed by atoms with E-state index in [1.807, 2.05) is 0 Å². The lowest BCUT2D eigenvalue weighted by molar-refractivity contribution is -0.0165. The highest BCUT2D eigenvalue weighted by atomic mass is 14.5. The van der Waals surface area contributed by atoms with Crippen molar-refractivity contribution in [3.63, 3.8) is 0 Å². The summed E-state index contributed by atoms with van der Waals surface area (Å²) in [6.45, 7) is 13.7. The summed E-state index contributed by atoms with van der Waals surface area (Å²) in [7, 11) is 0.817. The topological polar surface area (TPSA) is 49.8 Å². The highest BCUT2D eigenvalue weighted by Crippen LogP contribution is 2.56. The third kappa shape index (κ3) is 4.78. The molecule has 138 valence electrons. The Morgan fingerprint density at radius 1 is 0.833 bits per heavy atom. The summed E-state index contributed by atoms with van der Waals surface area (Å²) in [5.41, 5.74) is 6.02. The summed E-state index contributed by atoms with van der Waals surface area (Å²) in [5, 5.41) is 10.1. The first kappa shape index (κ1) is 21.6. The van der Waals surface area contributed by atoms with Gasteiger partial charge in [0.05, 0.1) is 11.5 Å². The lowest BCUT2D eigenvalue weighted by Crippen LogP contribution is -2.45. The maximum atomic E-state index is 9.72. The molecule has 24 heavy (non-hydrogen) atoms. The molecule has 1 saturated carbocycles. The summed E-state index contributed by atoms with van der Waals surface area (Å²) in [6.07, 6.45) is 12.8. The van der Waals surface area contributed by atoms with E-state index in [0.29, 0.717) is 5.31 Å². The standard InChI is InChI=1S/C21H41BN2/c1-18(2,17-23)19(3,4)20(5)13-9-7-8-10-15-21(6,22-24)16-12-11-14-20/h22H,7-16,24H2,1-6H3. The Hall–Kier alpha value is -0.485. The zero-order chi connectivity index (χ0) is 18.5. The van der Waals surface area contributed by atoms with E-state index >= 15 is 0 Å². The van der Waals surface area contributed by atoms with E-state index in [1.165, 1.54) is 64.2 Å². The number of rotatable bonds is 3. The minimum absolute atomic E-state index is 0.00996. The van der Waals surface area contributed by atoms with Crippen LogP contribution in [0.4, 0.5) is 0 Å². The maximum Gasteiger partial charge on any atom is 0.204 e. The Labute approximate surface area is 152 Å². The van der Waals surface area contributed by atoms with Crippen LogP contribution >= 0.6 is 0 Å². The smallest absolute Gasteiger partial charge is 0.204 e. The Kier molecular flexibility index (Phi) is 7.42. The second kappa shape index (κ2) is 8.26. The second-order valence-corrected chi connectivity index (χ2v) is 10.1. The summed E-state index contributed by atoms with van der Waals surface area (Å²) in [6, 6.07) is 2.60. The van der Waals surface area contributed by atoms with Crippen LogP contribution in [0, 0.1) is 27.6 Å². The average Bonchev–Trinajstić information content (AvgIpc) is 2.53. The van der Waals surface area contributed by atoms with Gasteiger partial charge in [0, 0.05) is 0 Å². The van der Waals surface area contributed by atoms with Crippen LogP contribution in [-0.4, -0.2) is 7.41 Å². The number of hydrogen-bond donors (Lipinski definition) is 1. The highest BCUT2D eigenvalue weighted by Gasteiger charge is 2.49. The van der Waals surface area contributed by atoms with Crippen LogP contribution in [-0.2, 0) is 0 Å². The van der Waals surface area contributed by atoms with E-state index in [4.69, 9.17) is 5.64 Å². The second-order valence-electron chi connectivity index (χ2n) is 10.1. The van der Waals surface area contributed by atoms with E-state index < -0.39 is 0 Å². The molecular formula is C21H41BN2. The van der Waals surface area contributed by atoms with Crippen LogP contribution in [0.15, 0.2) is 0 Å². The van der Waals surface area contributed by atoms with E-state index in [2.05, 4.69) is 47.6 Å². The first-order valence-corrected chi connectivity index (χ1v) is 10.1. The number of hydrogen-bond acceptors (Lipinski definition) is 2. The van der Waals surface area contributed by atoms with Crippen molar-refractivity contribution < 1.29 is 0 Å². The van der Waals surface area contributed by atoms with Gasteiger partial charge in [-0.1, -0.05) is 79.1 Å². The van der Waals surface area contributed by atoms with Crippen LogP contribution in [0.3, 0.4) is 0 Å². The van der Waals surface area contributed by atoms with E-state index in [1.54, 1.807) is 0 Å². The number of nitrogens with zero attached hydrogens (tertiary/aromatic N) is 1. The Bertz CT molecular complexity index is 438. The fourth-order valence-corrected chi connectivity index (χ4v) is 4.46. The predicted octanol–water partition coefficient (Wildman–Crippen LogP) is 5.97. The van der Waals surface area contributed by atoms with Gasteiger partial charge in [-0.25, -0.2) is 0 Å². The van der Waals surface area contributed by atoms with Crippen molar-refractivity contribution in [2.24, 2.45) is 21.9 Å². The molecule has 0 amide bonds. The van der Waals surface area contributed by atoms with Crippen molar-refractivity contribution in [3.05, 3.63) is 0 Å². The molecule has 0 aromatic carbocycles. The van der Waals surface area contributed by atoms with Crippen LogP contribution in [0.1, 0.15) is 106 Å². The van der Waals surface area contributed by atoms with Crippen molar-refractivity contribution >= 4 is 7.41 Å². The molecule has 2 unspecified atom stereocenters. The SMILES string of the molecule is CC1(BN)CCCCCCC(C)(C(C)(C)C(C)(C)C#N)CCCC1. The molecule has 0 radical (unpaired) electrons. The van der Waals surface area contributed by atoms with Crippen molar-refractivity contribution in [1.29, 1.82) is 5.26 Å². The van der Waals surface area contributed by atoms with Gasteiger partial charge in [-0.05, 0) is 42.8 Å². The quantitative estimate of drug-likeness (QED) is 0.647.